The Bertz CT molecular complexity index is 1730. The standard InChI is InChI=1S/C52H74N2O8/c1-52(2,3)62-50(58)33-20-15-13-11-9-7-5-4-6-8-10-12-14-19-32-48(56)54-46(51(59)61-38-40-26-17-16-18-27-40)35-36-47(55)53-37-25-34-49(57)60-39-45-43-30-23-21-28-41(43)42-29-22-24-31-44(42)45/h16-18,21-24,26-31,45-47,53,55H,4-15,19-20,25,32-39H2,1-3H3,(H,54,56)/t46-,47?/m0/s1. The summed E-state index contributed by atoms with van der Waals surface area (Å²) in [6.07, 6.45) is 16.9. The SMILES string of the molecule is CC(C)(C)OC(=O)CCCCCCCCCCCCCCCCC(=O)N[C@@H](CCC(O)NCCCC(=O)OCC1c2ccccc2-c2ccccc21)C(=O)OCc1ccccc1. The predicted molar refractivity (Wildman–Crippen MR) is 245 cm³/mol. The van der Waals surface area contributed by atoms with Gasteiger partial charge in [-0.3, -0.25) is 19.7 Å². The molecule has 340 valence electrons. The van der Waals surface area contributed by atoms with Crippen molar-refractivity contribution in [2.24, 2.45) is 0 Å². The van der Waals surface area contributed by atoms with E-state index in [1.54, 1.807) is 0 Å². The molecule has 1 amide bonds. The Morgan fingerprint density at radius 2 is 1.10 bits per heavy atom. The zero-order valence-electron chi connectivity index (χ0n) is 37.8. The van der Waals surface area contributed by atoms with E-state index < -0.39 is 23.8 Å². The molecule has 3 aromatic carbocycles. The Morgan fingerprint density at radius 3 is 1.66 bits per heavy atom. The van der Waals surface area contributed by atoms with Crippen molar-refractivity contribution in [3.05, 3.63) is 95.6 Å². The topological polar surface area (TPSA) is 140 Å². The lowest BCUT2D eigenvalue weighted by molar-refractivity contribution is -0.155. The minimum atomic E-state index is -0.924. The molecular formula is C52H74N2O8. The summed E-state index contributed by atoms with van der Waals surface area (Å²) < 4.78 is 16.7. The second-order valence-corrected chi connectivity index (χ2v) is 17.8. The number of rotatable bonds is 31. The Morgan fingerprint density at radius 1 is 0.597 bits per heavy atom. The molecule has 1 unspecified atom stereocenters. The smallest absolute Gasteiger partial charge is 0.328 e. The monoisotopic (exact) mass is 855 g/mol. The summed E-state index contributed by atoms with van der Waals surface area (Å²) in [7, 11) is 0. The number of hydrogen-bond acceptors (Lipinski definition) is 9. The Labute approximate surface area is 371 Å². The molecule has 4 rings (SSSR count). The van der Waals surface area contributed by atoms with Gasteiger partial charge in [0.1, 0.15) is 31.1 Å². The first-order valence-corrected chi connectivity index (χ1v) is 23.5. The molecule has 62 heavy (non-hydrogen) atoms. The molecule has 0 bridgehead atoms. The highest BCUT2D eigenvalue weighted by Crippen LogP contribution is 2.44. The van der Waals surface area contributed by atoms with Crippen molar-refractivity contribution in [2.45, 2.75) is 180 Å². The van der Waals surface area contributed by atoms with E-state index in [1.807, 2.05) is 75.4 Å². The van der Waals surface area contributed by atoms with Gasteiger partial charge in [0.15, 0.2) is 0 Å². The molecule has 0 spiro atoms. The second kappa shape index (κ2) is 28.2. The van der Waals surface area contributed by atoms with Crippen LogP contribution in [-0.2, 0) is 40.0 Å². The van der Waals surface area contributed by atoms with Crippen LogP contribution in [0, 0.1) is 0 Å². The number of hydrogen-bond donors (Lipinski definition) is 3. The zero-order valence-corrected chi connectivity index (χ0v) is 37.8. The summed E-state index contributed by atoms with van der Waals surface area (Å²) in [6.45, 7) is 6.48. The highest BCUT2D eigenvalue weighted by atomic mass is 16.6. The third-order valence-corrected chi connectivity index (χ3v) is 11.3. The van der Waals surface area contributed by atoms with Gasteiger partial charge in [0.2, 0.25) is 5.91 Å². The number of aliphatic hydroxyl groups excluding tert-OH is 1. The molecule has 1 aliphatic carbocycles. The van der Waals surface area contributed by atoms with Gasteiger partial charge in [0.05, 0.1) is 0 Å². The maximum atomic E-state index is 13.2. The van der Waals surface area contributed by atoms with Gasteiger partial charge in [0, 0.05) is 25.2 Å². The van der Waals surface area contributed by atoms with Gasteiger partial charge in [-0.1, -0.05) is 156 Å². The number of ether oxygens (including phenoxy) is 3. The van der Waals surface area contributed by atoms with Gasteiger partial charge >= 0.3 is 17.9 Å². The Kier molecular flexibility index (Phi) is 22.8. The Hall–Kier alpha value is -4.54. The predicted octanol–water partition coefficient (Wildman–Crippen LogP) is 10.6. The van der Waals surface area contributed by atoms with Crippen LogP contribution in [0.3, 0.4) is 0 Å². The van der Waals surface area contributed by atoms with Crippen molar-refractivity contribution in [2.75, 3.05) is 13.2 Å². The summed E-state index contributed by atoms with van der Waals surface area (Å²) in [5, 5.41) is 16.6. The van der Waals surface area contributed by atoms with Gasteiger partial charge in [0.25, 0.3) is 0 Å². The van der Waals surface area contributed by atoms with E-state index in [-0.39, 0.29) is 56.2 Å². The molecule has 0 saturated carbocycles. The fraction of sp³-hybridized carbons (Fsp3) is 0.577. The zero-order chi connectivity index (χ0) is 44.4. The molecule has 1 aliphatic rings. The summed E-state index contributed by atoms with van der Waals surface area (Å²) in [5.41, 5.74) is 5.15. The van der Waals surface area contributed by atoms with Crippen molar-refractivity contribution in [1.29, 1.82) is 0 Å². The largest absolute Gasteiger partial charge is 0.465 e. The summed E-state index contributed by atoms with van der Waals surface area (Å²) >= 11 is 0. The fourth-order valence-corrected chi connectivity index (χ4v) is 8.03. The quantitative estimate of drug-likeness (QED) is 0.0250. The van der Waals surface area contributed by atoms with Crippen LogP contribution in [0.2, 0.25) is 0 Å². The number of unbranched alkanes of at least 4 members (excludes halogenated alkanes) is 13. The lowest BCUT2D eigenvalue weighted by Gasteiger charge is -2.20. The molecule has 3 N–H and O–H groups in total. The van der Waals surface area contributed by atoms with Crippen molar-refractivity contribution < 1.29 is 38.5 Å². The van der Waals surface area contributed by atoms with Crippen molar-refractivity contribution in [1.82, 2.24) is 10.6 Å². The lowest BCUT2D eigenvalue weighted by Crippen LogP contribution is -2.43. The molecule has 0 aromatic heterocycles. The molecule has 0 fully saturated rings. The van der Waals surface area contributed by atoms with Crippen LogP contribution in [0.25, 0.3) is 11.1 Å². The molecule has 0 heterocycles. The number of fused-ring (bicyclic) bond motifs is 3. The van der Waals surface area contributed by atoms with Gasteiger partial charge in [-0.25, -0.2) is 4.79 Å². The average Bonchev–Trinajstić information content (AvgIpc) is 3.57. The van der Waals surface area contributed by atoms with Gasteiger partial charge < -0.3 is 24.6 Å². The van der Waals surface area contributed by atoms with E-state index in [0.717, 1.165) is 44.1 Å². The lowest BCUT2D eigenvalue weighted by atomic mass is 9.98. The maximum absolute atomic E-state index is 13.2. The summed E-state index contributed by atoms with van der Waals surface area (Å²) in [6, 6.07) is 25.0. The molecular weight excluding hydrogens is 781 g/mol. The van der Waals surface area contributed by atoms with Crippen LogP contribution < -0.4 is 10.6 Å². The van der Waals surface area contributed by atoms with E-state index >= 15 is 0 Å². The minimum absolute atomic E-state index is 0.00788. The summed E-state index contributed by atoms with van der Waals surface area (Å²) in [4.78, 5) is 50.6. The van der Waals surface area contributed by atoms with Crippen molar-refractivity contribution in [3.63, 3.8) is 0 Å². The third kappa shape index (κ3) is 19.7. The fourth-order valence-electron chi connectivity index (χ4n) is 8.03. The van der Waals surface area contributed by atoms with E-state index in [4.69, 9.17) is 14.2 Å². The van der Waals surface area contributed by atoms with Crippen LogP contribution in [0.15, 0.2) is 78.9 Å². The molecule has 2 atom stereocenters. The maximum Gasteiger partial charge on any atom is 0.328 e. The number of carbonyl (C=O) groups is 4. The molecule has 0 radical (unpaired) electrons. The van der Waals surface area contributed by atoms with Crippen molar-refractivity contribution in [3.8, 4) is 11.1 Å². The van der Waals surface area contributed by atoms with Crippen LogP contribution >= 0.6 is 0 Å². The normalized spacial score (nSPS) is 13.2. The first kappa shape index (κ1) is 50.1. The molecule has 0 saturated heterocycles. The van der Waals surface area contributed by atoms with Gasteiger partial charge in [-0.15, -0.1) is 0 Å². The van der Waals surface area contributed by atoms with E-state index in [9.17, 15) is 24.3 Å². The first-order chi connectivity index (χ1) is 30.0. The number of aliphatic hydroxyl groups is 1. The number of carbonyl (C=O) groups excluding carboxylic acids is 4. The van der Waals surface area contributed by atoms with Crippen LogP contribution in [0.4, 0.5) is 0 Å². The minimum Gasteiger partial charge on any atom is -0.465 e. The van der Waals surface area contributed by atoms with Crippen LogP contribution in [0.5, 0.6) is 0 Å². The van der Waals surface area contributed by atoms with Crippen molar-refractivity contribution >= 4 is 23.8 Å². The number of amides is 1. The second-order valence-electron chi connectivity index (χ2n) is 17.8. The first-order valence-electron chi connectivity index (χ1n) is 23.5. The third-order valence-electron chi connectivity index (χ3n) is 11.3. The van der Waals surface area contributed by atoms with Gasteiger partial charge in [-0.2, -0.15) is 0 Å². The van der Waals surface area contributed by atoms with E-state index in [1.165, 1.54) is 73.6 Å². The molecule has 0 aliphatic heterocycles. The highest BCUT2D eigenvalue weighted by Gasteiger charge is 2.29. The highest BCUT2D eigenvalue weighted by molar-refractivity contribution is 5.84. The number of esters is 3. The number of benzene rings is 3. The Balaban J connectivity index is 1.04. The van der Waals surface area contributed by atoms with Crippen LogP contribution in [0.1, 0.15) is 172 Å². The van der Waals surface area contributed by atoms with E-state index in [0.29, 0.717) is 25.8 Å². The average molecular weight is 855 g/mol. The summed E-state index contributed by atoms with van der Waals surface area (Å²) in [5.74, 6) is -1.09. The van der Waals surface area contributed by atoms with Gasteiger partial charge in [-0.05, 0) is 87.2 Å². The molecule has 10 heteroatoms. The van der Waals surface area contributed by atoms with E-state index in [2.05, 4.69) is 34.9 Å². The van der Waals surface area contributed by atoms with Crippen LogP contribution in [-0.4, -0.2) is 59.9 Å². The molecule has 10 nitrogen and oxygen atoms in total. The number of nitrogens with one attached hydrogen (secondary N) is 2. The molecule has 3 aromatic rings.